The van der Waals surface area contributed by atoms with Gasteiger partial charge in [-0.3, -0.25) is 18.6 Å². The van der Waals surface area contributed by atoms with Crippen molar-refractivity contribution in [1.29, 1.82) is 0 Å². The summed E-state index contributed by atoms with van der Waals surface area (Å²) >= 11 is 5.37. The summed E-state index contributed by atoms with van der Waals surface area (Å²) in [6.07, 6.45) is -8.35. The van der Waals surface area contributed by atoms with Gasteiger partial charge < -0.3 is 0 Å². The second-order valence-electron chi connectivity index (χ2n) is 4.95. The van der Waals surface area contributed by atoms with Gasteiger partial charge in [-0.05, 0) is 24.7 Å². The Morgan fingerprint density at radius 3 is 2.25 bits per heavy atom. The van der Waals surface area contributed by atoms with Crippen molar-refractivity contribution in [2.24, 2.45) is 0 Å². The fourth-order valence-corrected chi connectivity index (χ4v) is 6.74. The van der Waals surface area contributed by atoms with Crippen LogP contribution in [-0.4, -0.2) is 46.2 Å². The van der Waals surface area contributed by atoms with E-state index < -0.39 is 48.9 Å². The highest BCUT2D eigenvalue weighted by Crippen LogP contribution is 2.68. The van der Waals surface area contributed by atoms with Crippen LogP contribution in [0.1, 0.15) is 26.7 Å². The molecular weight excluding hydrogens is 407 g/mol. The van der Waals surface area contributed by atoms with Gasteiger partial charge in [-0.15, -0.1) is 0 Å². The van der Waals surface area contributed by atoms with E-state index in [0.29, 0.717) is 17.8 Å². The second kappa shape index (κ2) is 7.25. The minimum atomic E-state index is -5.35. The molecule has 0 heterocycles. The molecule has 1 saturated carbocycles. The van der Waals surface area contributed by atoms with E-state index in [0.717, 1.165) is 6.92 Å². The SMILES string of the molecule is CCCSP(=O)(OC1CC(F)(F)C1(F)Cl)N(CC)C(=O)C(F)(F)F. The Labute approximate surface area is 143 Å². The number of carbonyl (C=O) groups excluding carboxylic acids is 1. The zero-order valence-corrected chi connectivity index (χ0v) is 15.0. The molecule has 0 aromatic heterocycles. The van der Waals surface area contributed by atoms with Crippen LogP contribution in [0.25, 0.3) is 0 Å². The standard InChI is InChI=1S/C11H15ClF6NO3PS/c1-3-5-24-23(21,19(4-2)8(20)11(16,17)18)22-7-6-9(13,14)10(7,12)15/h7H,3-6H2,1-2H3. The summed E-state index contributed by atoms with van der Waals surface area (Å²) in [5.41, 5.74) is 0. The zero-order valence-electron chi connectivity index (χ0n) is 12.6. The van der Waals surface area contributed by atoms with E-state index in [-0.39, 0.29) is 10.4 Å². The molecule has 0 aromatic carbocycles. The van der Waals surface area contributed by atoms with Crippen LogP contribution in [0, 0.1) is 0 Å². The van der Waals surface area contributed by atoms with E-state index in [1.54, 1.807) is 6.92 Å². The highest BCUT2D eigenvalue weighted by molar-refractivity contribution is 8.56. The normalized spacial score (nSPS) is 28.8. The van der Waals surface area contributed by atoms with Gasteiger partial charge in [0.2, 0.25) is 0 Å². The lowest BCUT2D eigenvalue weighted by atomic mass is 9.88. The molecular formula is C11H15ClF6NO3PS. The molecule has 0 saturated heterocycles. The molecule has 3 unspecified atom stereocenters. The maximum absolute atomic E-state index is 13.7. The Morgan fingerprint density at radius 1 is 1.38 bits per heavy atom. The van der Waals surface area contributed by atoms with Crippen LogP contribution in [0.5, 0.6) is 0 Å². The molecule has 0 aromatic rings. The molecule has 0 N–H and O–H groups in total. The minimum Gasteiger partial charge on any atom is -0.297 e. The molecule has 0 aliphatic heterocycles. The molecule has 142 valence electrons. The van der Waals surface area contributed by atoms with Gasteiger partial charge >= 0.3 is 24.7 Å². The Balaban J connectivity index is 3.10. The Kier molecular flexibility index (Phi) is 6.62. The molecule has 1 rings (SSSR count). The molecule has 1 aliphatic carbocycles. The number of rotatable bonds is 7. The molecule has 1 aliphatic rings. The number of carbonyl (C=O) groups is 1. The summed E-state index contributed by atoms with van der Waals surface area (Å²) in [6.45, 7) is -2.59. The Bertz CT molecular complexity index is 532. The number of hydrogen-bond acceptors (Lipinski definition) is 4. The van der Waals surface area contributed by atoms with Crippen molar-refractivity contribution in [3.8, 4) is 0 Å². The van der Waals surface area contributed by atoms with Crippen molar-refractivity contribution in [1.82, 2.24) is 4.67 Å². The van der Waals surface area contributed by atoms with Crippen LogP contribution in [0.3, 0.4) is 0 Å². The maximum atomic E-state index is 13.7. The first kappa shape index (κ1) is 21.9. The molecule has 13 heteroatoms. The van der Waals surface area contributed by atoms with Crippen molar-refractivity contribution < 1.29 is 40.2 Å². The molecule has 3 atom stereocenters. The highest BCUT2D eigenvalue weighted by atomic mass is 35.5. The smallest absolute Gasteiger partial charge is 0.297 e. The highest BCUT2D eigenvalue weighted by Gasteiger charge is 2.72. The van der Waals surface area contributed by atoms with Crippen molar-refractivity contribution in [3.05, 3.63) is 0 Å². The number of amides is 1. The number of nitrogens with zero attached hydrogens (tertiary/aromatic N) is 1. The summed E-state index contributed by atoms with van der Waals surface area (Å²) in [5.74, 6) is -6.42. The van der Waals surface area contributed by atoms with Crippen LogP contribution < -0.4 is 0 Å². The molecule has 0 bridgehead atoms. The Morgan fingerprint density at radius 2 is 1.92 bits per heavy atom. The van der Waals surface area contributed by atoms with Gasteiger partial charge in [0.1, 0.15) is 6.10 Å². The average Bonchev–Trinajstić information content (AvgIpc) is 2.44. The van der Waals surface area contributed by atoms with Crippen LogP contribution >= 0.6 is 29.7 Å². The van der Waals surface area contributed by atoms with Crippen LogP contribution in [-0.2, 0) is 13.9 Å². The van der Waals surface area contributed by atoms with E-state index in [9.17, 15) is 35.7 Å². The topological polar surface area (TPSA) is 46.6 Å². The van der Waals surface area contributed by atoms with Gasteiger partial charge in [-0.1, -0.05) is 18.5 Å². The van der Waals surface area contributed by atoms with Gasteiger partial charge in [-0.25, -0.2) is 13.2 Å². The third kappa shape index (κ3) is 4.16. The molecule has 24 heavy (non-hydrogen) atoms. The lowest BCUT2D eigenvalue weighted by Gasteiger charge is -2.46. The van der Waals surface area contributed by atoms with E-state index in [1.807, 2.05) is 0 Å². The summed E-state index contributed by atoms with van der Waals surface area (Å²) < 4.78 is 95.2. The summed E-state index contributed by atoms with van der Waals surface area (Å²) in [7, 11) is 0. The first-order valence-corrected chi connectivity index (χ1v) is 10.3. The van der Waals surface area contributed by atoms with Gasteiger partial charge in [0, 0.05) is 18.7 Å². The van der Waals surface area contributed by atoms with E-state index in [1.165, 1.54) is 0 Å². The minimum absolute atomic E-state index is 0.00357. The second-order valence-corrected chi connectivity index (χ2v) is 9.95. The van der Waals surface area contributed by atoms with Gasteiger partial charge in [0.15, 0.2) is 0 Å². The molecule has 1 fully saturated rings. The van der Waals surface area contributed by atoms with Crippen molar-refractivity contribution >= 4 is 35.6 Å². The fraction of sp³-hybridized carbons (Fsp3) is 0.909. The molecule has 0 radical (unpaired) electrons. The predicted molar refractivity (Wildman–Crippen MR) is 77.9 cm³/mol. The lowest BCUT2D eigenvalue weighted by Crippen LogP contribution is -2.62. The van der Waals surface area contributed by atoms with E-state index in [4.69, 9.17) is 16.1 Å². The largest absolute Gasteiger partial charge is 0.471 e. The van der Waals surface area contributed by atoms with Crippen molar-refractivity contribution in [2.75, 3.05) is 12.3 Å². The number of halogens is 7. The van der Waals surface area contributed by atoms with E-state index >= 15 is 0 Å². The van der Waals surface area contributed by atoms with Crippen LogP contribution in [0.15, 0.2) is 0 Å². The molecule has 0 spiro atoms. The maximum Gasteiger partial charge on any atom is 0.471 e. The first-order valence-electron chi connectivity index (χ1n) is 6.80. The predicted octanol–water partition coefficient (Wildman–Crippen LogP) is 4.98. The van der Waals surface area contributed by atoms with Gasteiger partial charge in [0.25, 0.3) is 5.13 Å². The molecule has 4 nitrogen and oxygen atoms in total. The van der Waals surface area contributed by atoms with Crippen LogP contribution in [0.4, 0.5) is 26.3 Å². The zero-order chi connectivity index (χ0) is 19.0. The van der Waals surface area contributed by atoms with Crippen LogP contribution in [0.2, 0.25) is 0 Å². The van der Waals surface area contributed by atoms with Crippen molar-refractivity contribution in [2.45, 2.75) is 50.0 Å². The first-order chi connectivity index (χ1) is 10.7. The summed E-state index contributed by atoms with van der Waals surface area (Å²) in [4.78, 5) is 11.4. The molecule has 1 amide bonds. The van der Waals surface area contributed by atoms with Gasteiger partial charge in [0.05, 0.1) is 0 Å². The van der Waals surface area contributed by atoms with Gasteiger partial charge in [-0.2, -0.15) is 13.2 Å². The quantitative estimate of drug-likeness (QED) is 0.330. The summed E-state index contributed by atoms with van der Waals surface area (Å²) in [5, 5.41) is -3.70. The van der Waals surface area contributed by atoms with E-state index in [2.05, 4.69) is 0 Å². The Hall–Kier alpha value is -0.120. The van der Waals surface area contributed by atoms with Crippen molar-refractivity contribution in [3.63, 3.8) is 0 Å². The third-order valence-electron chi connectivity index (χ3n) is 3.12. The monoisotopic (exact) mass is 421 g/mol. The third-order valence-corrected chi connectivity index (χ3v) is 8.51. The number of alkyl halides is 7. The fourth-order valence-electron chi connectivity index (χ4n) is 1.80. The summed E-state index contributed by atoms with van der Waals surface area (Å²) in [6, 6.07) is 0. The lowest BCUT2D eigenvalue weighted by molar-refractivity contribution is -0.225. The number of hydrogen-bond donors (Lipinski definition) is 0. The average molecular weight is 422 g/mol.